The molecule has 2 aromatic carbocycles. The van der Waals surface area contributed by atoms with Gasteiger partial charge in [-0.1, -0.05) is 11.6 Å². The van der Waals surface area contributed by atoms with Gasteiger partial charge in [-0.2, -0.15) is 0 Å². The molecule has 0 fully saturated rings. The van der Waals surface area contributed by atoms with E-state index in [1.54, 1.807) is 18.2 Å². The highest BCUT2D eigenvalue weighted by Crippen LogP contribution is 2.37. The highest BCUT2D eigenvalue weighted by molar-refractivity contribution is 6.32. The minimum Gasteiger partial charge on any atom is -0.495 e. The van der Waals surface area contributed by atoms with Gasteiger partial charge in [-0.25, -0.2) is 0 Å². The number of halogens is 1. The maximum absolute atomic E-state index is 12.5. The van der Waals surface area contributed by atoms with Crippen molar-refractivity contribution in [3.05, 3.63) is 46.5 Å². The number of ether oxygens (including phenoxy) is 4. The number of hydrogen-bond acceptors (Lipinski definition) is 5. The molecule has 3 rings (SSSR count). The van der Waals surface area contributed by atoms with Crippen LogP contribution < -0.4 is 24.3 Å². The van der Waals surface area contributed by atoms with E-state index in [4.69, 9.17) is 30.5 Å². The second-order valence-electron chi connectivity index (χ2n) is 6.57. The lowest BCUT2D eigenvalue weighted by Gasteiger charge is -2.12. The zero-order chi connectivity index (χ0) is 21.0. The number of anilines is 1. The largest absolute Gasteiger partial charge is 0.495 e. The SMILES string of the molecule is CCOc1cc2c(cc1/C=C/C(=O)Nc1cc(Cl)c(OC)cc1OC)OC(C)C2. The molecular formula is C22H24ClNO5. The number of fused-ring (bicyclic) bond motifs is 1. The molecular weight excluding hydrogens is 394 g/mol. The summed E-state index contributed by atoms with van der Waals surface area (Å²) in [5, 5.41) is 3.14. The number of rotatable bonds is 7. The third kappa shape index (κ3) is 4.77. The Morgan fingerprint density at radius 3 is 2.66 bits per heavy atom. The van der Waals surface area contributed by atoms with Crippen LogP contribution in [0.5, 0.6) is 23.0 Å². The van der Waals surface area contributed by atoms with Crippen LogP contribution >= 0.6 is 11.6 Å². The molecule has 1 aliphatic rings. The van der Waals surface area contributed by atoms with E-state index in [9.17, 15) is 4.79 Å². The average molecular weight is 418 g/mol. The summed E-state index contributed by atoms with van der Waals surface area (Å²) in [5.41, 5.74) is 2.33. The summed E-state index contributed by atoms with van der Waals surface area (Å²) in [6.45, 7) is 4.48. The maximum atomic E-state index is 12.5. The minimum absolute atomic E-state index is 0.134. The molecule has 29 heavy (non-hydrogen) atoms. The molecule has 1 aliphatic heterocycles. The average Bonchev–Trinajstić information content (AvgIpc) is 3.05. The second kappa shape index (κ2) is 9.09. The van der Waals surface area contributed by atoms with Crippen LogP contribution in [-0.2, 0) is 11.2 Å². The van der Waals surface area contributed by atoms with Crippen molar-refractivity contribution in [3.8, 4) is 23.0 Å². The molecule has 1 amide bonds. The molecule has 0 radical (unpaired) electrons. The Morgan fingerprint density at radius 2 is 1.97 bits per heavy atom. The highest BCUT2D eigenvalue weighted by Gasteiger charge is 2.21. The predicted molar refractivity (Wildman–Crippen MR) is 114 cm³/mol. The number of nitrogens with one attached hydrogen (secondary N) is 1. The lowest BCUT2D eigenvalue weighted by Crippen LogP contribution is -2.09. The van der Waals surface area contributed by atoms with Gasteiger partial charge in [-0.15, -0.1) is 0 Å². The first kappa shape index (κ1) is 20.9. The molecule has 1 unspecified atom stereocenters. The molecule has 0 aromatic heterocycles. The van der Waals surface area contributed by atoms with Gasteiger partial charge in [0.1, 0.15) is 29.1 Å². The fourth-order valence-electron chi connectivity index (χ4n) is 3.16. The van der Waals surface area contributed by atoms with Crippen LogP contribution in [0, 0.1) is 0 Å². The molecule has 0 bridgehead atoms. The van der Waals surface area contributed by atoms with E-state index in [1.165, 1.54) is 20.3 Å². The molecule has 1 N–H and O–H groups in total. The summed E-state index contributed by atoms with van der Waals surface area (Å²) in [6.07, 6.45) is 4.11. The Morgan fingerprint density at radius 1 is 1.21 bits per heavy atom. The van der Waals surface area contributed by atoms with Crippen LogP contribution in [0.1, 0.15) is 25.0 Å². The quantitative estimate of drug-likeness (QED) is 0.659. The molecule has 1 atom stereocenters. The maximum Gasteiger partial charge on any atom is 0.248 e. The van der Waals surface area contributed by atoms with Gasteiger partial charge in [0.05, 0.1) is 31.5 Å². The van der Waals surface area contributed by atoms with Crippen LogP contribution in [-0.4, -0.2) is 32.8 Å². The van der Waals surface area contributed by atoms with Crippen molar-refractivity contribution in [2.75, 3.05) is 26.1 Å². The van der Waals surface area contributed by atoms with Crippen molar-refractivity contribution in [3.63, 3.8) is 0 Å². The van der Waals surface area contributed by atoms with Crippen molar-refractivity contribution < 1.29 is 23.7 Å². The molecule has 154 valence electrons. The third-order valence-electron chi connectivity index (χ3n) is 4.47. The molecule has 0 aliphatic carbocycles. The topological polar surface area (TPSA) is 66.0 Å². The van der Waals surface area contributed by atoms with Crippen molar-refractivity contribution in [2.45, 2.75) is 26.4 Å². The zero-order valence-corrected chi connectivity index (χ0v) is 17.6. The van der Waals surface area contributed by atoms with Crippen molar-refractivity contribution in [1.29, 1.82) is 0 Å². The van der Waals surface area contributed by atoms with Gasteiger partial charge in [0.15, 0.2) is 0 Å². The van der Waals surface area contributed by atoms with Gasteiger partial charge in [0, 0.05) is 29.7 Å². The number of hydrogen-bond donors (Lipinski definition) is 1. The van der Waals surface area contributed by atoms with Crippen molar-refractivity contribution in [1.82, 2.24) is 0 Å². The Hall–Kier alpha value is -2.86. The fourth-order valence-corrected chi connectivity index (χ4v) is 3.40. The molecule has 1 heterocycles. The third-order valence-corrected chi connectivity index (χ3v) is 4.77. The summed E-state index contributed by atoms with van der Waals surface area (Å²) in [5.74, 6) is 2.12. The lowest BCUT2D eigenvalue weighted by molar-refractivity contribution is -0.111. The fraction of sp³-hybridized carbons (Fsp3) is 0.318. The zero-order valence-electron chi connectivity index (χ0n) is 16.9. The van der Waals surface area contributed by atoms with Gasteiger partial charge in [-0.3, -0.25) is 4.79 Å². The predicted octanol–water partition coefficient (Wildman–Crippen LogP) is 4.73. The first-order chi connectivity index (χ1) is 13.9. The van der Waals surface area contributed by atoms with Gasteiger partial charge >= 0.3 is 0 Å². The smallest absolute Gasteiger partial charge is 0.248 e. The van der Waals surface area contributed by atoms with Crippen molar-refractivity contribution >= 4 is 29.3 Å². The van der Waals surface area contributed by atoms with E-state index in [0.717, 1.165) is 29.0 Å². The summed E-state index contributed by atoms with van der Waals surface area (Å²) < 4.78 is 22.0. The Balaban J connectivity index is 1.81. The van der Waals surface area contributed by atoms with E-state index < -0.39 is 0 Å². The molecule has 6 nitrogen and oxygen atoms in total. The number of methoxy groups -OCH3 is 2. The highest BCUT2D eigenvalue weighted by atomic mass is 35.5. The van der Waals surface area contributed by atoms with Gasteiger partial charge < -0.3 is 24.3 Å². The van der Waals surface area contributed by atoms with Crippen LogP contribution in [0.15, 0.2) is 30.3 Å². The standard InChI is InChI=1S/C22H24ClNO5/c1-5-28-18-10-15-8-13(2)29-19(15)9-14(18)6-7-22(25)24-17-11-16(23)20(26-3)12-21(17)27-4/h6-7,9-13H,5,8H2,1-4H3,(H,24,25)/b7-6+. The number of carbonyl (C=O) groups excluding carboxylic acids is 1. The van der Waals surface area contributed by atoms with Crippen LogP contribution in [0.25, 0.3) is 6.08 Å². The normalized spacial score (nSPS) is 15.0. The first-order valence-electron chi connectivity index (χ1n) is 9.32. The van der Waals surface area contributed by atoms with E-state index in [-0.39, 0.29) is 12.0 Å². The number of carbonyl (C=O) groups is 1. The van der Waals surface area contributed by atoms with E-state index in [1.807, 2.05) is 26.0 Å². The van der Waals surface area contributed by atoms with E-state index in [0.29, 0.717) is 28.8 Å². The van der Waals surface area contributed by atoms with Crippen LogP contribution in [0.2, 0.25) is 5.02 Å². The molecule has 2 aromatic rings. The summed E-state index contributed by atoms with van der Waals surface area (Å²) in [7, 11) is 3.02. The van der Waals surface area contributed by atoms with Crippen LogP contribution in [0.4, 0.5) is 5.69 Å². The van der Waals surface area contributed by atoms with Crippen molar-refractivity contribution in [2.24, 2.45) is 0 Å². The van der Waals surface area contributed by atoms with Crippen LogP contribution in [0.3, 0.4) is 0 Å². The lowest BCUT2D eigenvalue weighted by atomic mass is 10.1. The Labute approximate surface area is 175 Å². The monoisotopic (exact) mass is 417 g/mol. The van der Waals surface area contributed by atoms with E-state index in [2.05, 4.69) is 5.32 Å². The number of amides is 1. The first-order valence-corrected chi connectivity index (χ1v) is 9.69. The molecule has 0 saturated heterocycles. The van der Waals surface area contributed by atoms with Gasteiger partial charge in [-0.05, 0) is 38.1 Å². The molecule has 0 saturated carbocycles. The van der Waals surface area contributed by atoms with Gasteiger partial charge in [0.25, 0.3) is 0 Å². The Bertz CT molecular complexity index is 941. The molecule has 0 spiro atoms. The minimum atomic E-state index is -0.332. The summed E-state index contributed by atoms with van der Waals surface area (Å²) in [6, 6.07) is 7.08. The second-order valence-corrected chi connectivity index (χ2v) is 6.98. The summed E-state index contributed by atoms with van der Waals surface area (Å²) >= 11 is 6.16. The Kier molecular flexibility index (Phi) is 6.54. The molecule has 7 heteroatoms. The summed E-state index contributed by atoms with van der Waals surface area (Å²) in [4.78, 5) is 12.5. The van der Waals surface area contributed by atoms with Gasteiger partial charge in [0.2, 0.25) is 5.91 Å². The van der Waals surface area contributed by atoms with E-state index >= 15 is 0 Å². The number of benzene rings is 2.